The summed E-state index contributed by atoms with van der Waals surface area (Å²) in [5, 5.41) is 1.05. The van der Waals surface area contributed by atoms with E-state index in [1.54, 1.807) is 26.1 Å². The Morgan fingerprint density at radius 2 is 2.00 bits per heavy atom. The Balaban J connectivity index is 2.31. The van der Waals surface area contributed by atoms with Gasteiger partial charge in [0.05, 0.1) is 16.7 Å². The summed E-state index contributed by atoms with van der Waals surface area (Å²) < 4.78 is 6.72. The van der Waals surface area contributed by atoms with E-state index in [9.17, 15) is 4.79 Å². The number of aromatic amines is 1. The van der Waals surface area contributed by atoms with Gasteiger partial charge in [-0.3, -0.25) is 4.57 Å². The first-order valence-corrected chi connectivity index (χ1v) is 7.80. The number of hydrogen-bond acceptors (Lipinski definition) is 4. The highest BCUT2D eigenvalue weighted by Crippen LogP contribution is 2.36. The van der Waals surface area contributed by atoms with Gasteiger partial charge in [-0.1, -0.05) is 34.8 Å². The molecule has 9 heteroatoms. The monoisotopic (exact) mass is 372 g/mol. The number of imidazole rings is 1. The van der Waals surface area contributed by atoms with Crippen molar-refractivity contribution in [3.63, 3.8) is 0 Å². The Kier molecular flexibility index (Phi) is 4.23. The van der Waals surface area contributed by atoms with Crippen LogP contribution in [0.25, 0.3) is 22.6 Å². The van der Waals surface area contributed by atoms with Gasteiger partial charge in [-0.2, -0.15) is 4.98 Å². The number of ether oxygens (including phenoxy) is 1. The second kappa shape index (κ2) is 6.03. The van der Waals surface area contributed by atoms with Gasteiger partial charge in [0.1, 0.15) is 11.3 Å². The van der Waals surface area contributed by atoms with Crippen molar-refractivity contribution in [1.29, 1.82) is 0 Å². The van der Waals surface area contributed by atoms with Crippen molar-refractivity contribution in [3.8, 4) is 17.3 Å². The number of nitrogens with one attached hydrogen (secondary N) is 1. The quantitative estimate of drug-likeness (QED) is 0.711. The van der Waals surface area contributed by atoms with Gasteiger partial charge >= 0.3 is 5.69 Å². The minimum Gasteiger partial charge on any atom is -0.476 e. The van der Waals surface area contributed by atoms with Crippen LogP contribution < -0.4 is 10.4 Å². The zero-order valence-electron chi connectivity index (χ0n) is 12.2. The van der Waals surface area contributed by atoms with E-state index in [1.165, 1.54) is 4.57 Å². The lowest BCUT2D eigenvalue weighted by Gasteiger charge is -2.04. The first-order valence-electron chi connectivity index (χ1n) is 6.66. The topological polar surface area (TPSA) is 72.8 Å². The molecule has 0 bridgehead atoms. The fraction of sp³-hybridized carbons (Fsp3) is 0.214. The molecule has 2 heterocycles. The van der Waals surface area contributed by atoms with Crippen LogP contribution in [0.1, 0.15) is 6.92 Å². The van der Waals surface area contributed by atoms with Crippen LogP contribution in [-0.4, -0.2) is 26.1 Å². The number of halogens is 3. The highest BCUT2D eigenvalue weighted by Gasteiger charge is 2.18. The standard InChI is InChI=1S/C14H11Cl3N4O2/c1-3-23-13-10-12(21(2)14(22)20-13)19-11(18-10)7-4-6(15)5-8(16)9(7)17/h4-5H,3H2,1-2H3,(H,18,19). The van der Waals surface area contributed by atoms with E-state index in [0.717, 1.165) is 0 Å². The first-order chi connectivity index (χ1) is 10.9. The van der Waals surface area contributed by atoms with Gasteiger partial charge in [-0.15, -0.1) is 0 Å². The lowest BCUT2D eigenvalue weighted by Crippen LogP contribution is -2.21. The van der Waals surface area contributed by atoms with Gasteiger partial charge in [0.2, 0.25) is 5.88 Å². The molecular formula is C14H11Cl3N4O2. The van der Waals surface area contributed by atoms with Gasteiger partial charge in [0.25, 0.3) is 0 Å². The maximum Gasteiger partial charge on any atom is 0.352 e. The van der Waals surface area contributed by atoms with Crippen LogP contribution in [0.3, 0.4) is 0 Å². The summed E-state index contributed by atoms with van der Waals surface area (Å²) in [6.07, 6.45) is 0. The number of fused-ring (bicyclic) bond motifs is 1. The Hall–Kier alpha value is -1.76. The van der Waals surface area contributed by atoms with Crippen LogP contribution in [0.2, 0.25) is 15.1 Å². The van der Waals surface area contributed by atoms with Crippen molar-refractivity contribution < 1.29 is 4.74 Å². The average Bonchev–Trinajstić information content (AvgIpc) is 2.94. The molecule has 1 N–H and O–H groups in total. The summed E-state index contributed by atoms with van der Waals surface area (Å²) in [7, 11) is 1.57. The van der Waals surface area contributed by atoms with Crippen molar-refractivity contribution >= 4 is 46.0 Å². The van der Waals surface area contributed by atoms with Gasteiger partial charge < -0.3 is 9.72 Å². The molecule has 2 aromatic heterocycles. The molecule has 0 atom stereocenters. The Morgan fingerprint density at radius 3 is 2.70 bits per heavy atom. The summed E-state index contributed by atoms with van der Waals surface area (Å²) in [5.41, 5.74) is 0.955. The normalized spacial score (nSPS) is 11.2. The predicted octanol–water partition coefficient (Wildman–Crippen LogP) is 3.68. The third-order valence-electron chi connectivity index (χ3n) is 3.23. The van der Waals surface area contributed by atoms with E-state index < -0.39 is 5.69 Å². The molecule has 0 saturated heterocycles. The molecule has 0 radical (unpaired) electrons. The number of benzene rings is 1. The second-order valence-electron chi connectivity index (χ2n) is 4.72. The molecule has 0 aliphatic rings. The average molecular weight is 374 g/mol. The molecule has 0 amide bonds. The first kappa shape index (κ1) is 16.1. The molecule has 0 spiro atoms. The molecule has 6 nitrogen and oxygen atoms in total. The number of hydrogen-bond donors (Lipinski definition) is 1. The van der Waals surface area contributed by atoms with E-state index in [1.807, 2.05) is 0 Å². The van der Waals surface area contributed by atoms with Crippen molar-refractivity contribution in [1.82, 2.24) is 19.5 Å². The SMILES string of the molecule is CCOc1nc(=O)n(C)c2nc(-c3cc(Cl)cc(Cl)c3Cl)[nH]c12. The fourth-order valence-corrected chi connectivity index (χ4v) is 2.85. The Morgan fingerprint density at radius 1 is 1.26 bits per heavy atom. The van der Waals surface area contributed by atoms with Gasteiger partial charge in [-0.05, 0) is 19.1 Å². The molecular weight excluding hydrogens is 363 g/mol. The molecule has 0 unspecified atom stereocenters. The molecule has 3 aromatic rings. The lowest BCUT2D eigenvalue weighted by atomic mass is 10.2. The third-order valence-corrected chi connectivity index (χ3v) is 4.25. The van der Waals surface area contributed by atoms with Crippen LogP contribution in [0.15, 0.2) is 16.9 Å². The molecule has 0 fully saturated rings. The van der Waals surface area contributed by atoms with E-state index in [-0.39, 0.29) is 5.88 Å². The van der Waals surface area contributed by atoms with E-state index in [4.69, 9.17) is 39.5 Å². The highest BCUT2D eigenvalue weighted by atomic mass is 35.5. The van der Waals surface area contributed by atoms with Crippen LogP contribution in [0.5, 0.6) is 5.88 Å². The molecule has 0 aliphatic carbocycles. The lowest BCUT2D eigenvalue weighted by molar-refractivity contribution is 0.328. The van der Waals surface area contributed by atoms with Crippen molar-refractivity contribution in [2.75, 3.05) is 6.61 Å². The molecule has 3 rings (SSSR count). The zero-order chi connectivity index (χ0) is 16.7. The predicted molar refractivity (Wildman–Crippen MR) is 90.8 cm³/mol. The largest absolute Gasteiger partial charge is 0.476 e. The van der Waals surface area contributed by atoms with E-state index in [0.29, 0.717) is 44.2 Å². The summed E-state index contributed by atoms with van der Waals surface area (Å²) in [6, 6.07) is 3.18. The van der Waals surface area contributed by atoms with Gasteiger partial charge in [0, 0.05) is 17.6 Å². The molecule has 120 valence electrons. The van der Waals surface area contributed by atoms with E-state index in [2.05, 4.69) is 15.0 Å². The third kappa shape index (κ3) is 2.78. The summed E-state index contributed by atoms with van der Waals surface area (Å²) in [6.45, 7) is 2.17. The minimum atomic E-state index is -0.464. The van der Waals surface area contributed by atoms with Crippen LogP contribution in [-0.2, 0) is 7.05 Å². The van der Waals surface area contributed by atoms with Gasteiger partial charge in [-0.25, -0.2) is 9.78 Å². The maximum atomic E-state index is 11.9. The summed E-state index contributed by atoms with van der Waals surface area (Å²) in [4.78, 5) is 23.3. The number of aromatic nitrogens is 4. The smallest absolute Gasteiger partial charge is 0.352 e. The maximum absolute atomic E-state index is 11.9. The fourth-order valence-electron chi connectivity index (χ4n) is 2.16. The van der Waals surface area contributed by atoms with Crippen molar-refractivity contribution in [3.05, 3.63) is 37.7 Å². The van der Waals surface area contributed by atoms with Crippen LogP contribution in [0, 0.1) is 0 Å². The number of nitrogens with zero attached hydrogens (tertiary/aromatic N) is 3. The molecule has 0 aliphatic heterocycles. The number of H-pyrrole nitrogens is 1. The summed E-state index contributed by atoms with van der Waals surface area (Å²) >= 11 is 18.3. The molecule has 0 saturated carbocycles. The molecule has 23 heavy (non-hydrogen) atoms. The zero-order valence-corrected chi connectivity index (χ0v) is 14.4. The highest BCUT2D eigenvalue weighted by molar-refractivity contribution is 6.45. The van der Waals surface area contributed by atoms with Crippen molar-refractivity contribution in [2.45, 2.75) is 6.92 Å². The van der Waals surface area contributed by atoms with Gasteiger partial charge in [0.15, 0.2) is 5.65 Å². The Bertz CT molecular complexity index is 965. The summed E-state index contributed by atoms with van der Waals surface area (Å²) in [5.74, 6) is 0.604. The minimum absolute atomic E-state index is 0.189. The van der Waals surface area contributed by atoms with Crippen LogP contribution in [0.4, 0.5) is 0 Å². The Labute approximate surface area is 146 Å². The number of rotatable bonds is 3. The molecule has 1 aromatic carbocycles. The van der Waals surface area contributed by atoms with Crippen LogP contribution >= 0.6 is 34.8 Å². The number of aryl methyl sites for hydroxylation is 1. The second-order valence-corrected chi connectivity index (χ2v) is 5.95. The van der Waals surface area contributed by atoms with E-state index >= 15 is 0 Å². The van der Waals surface area contributed by atoms with Crippen molar-refractivity contribution in [2.24, 2.45) is 7.05 Å².